The van der Waals surface area contributed by atoms with Gasteiger partial charge in [0.15, 0.2) is 0 Å². The van der Waals surface area contributed by atoms with E-state index >= 15 is 0 Å². The van der Waals surface area contributed by atoms with Gasteiger partial charge in [0.05, 0.1) is 5.56 Å². The highest BCUT2D eigenvalue weighted by Crippen LogP contribution is 2.33. The second-order valence-corrected chi connectivity index (χ2v) is 6.13. The van der Waals surface area contributed by atoms with Crippen LogP contribution in [0.1, 0.15) is 21.7 Å². The first-order chi connectivity index (χ1) is 12.0. The number of nitrogens with zero attached hydrogens (tertiary/aromatic N) is 1. The largest absolute Gasteiger partial charge is 0.366 e. The van der Waals surface area contributed by atoms with E-state index in [1.807, 2.05) is 38.1 Å². The maximum atomic E-state index is 12.1. The summed E-state index contributed by atoms with van der Waals surface area (Å²) in [4.78, 5) is 12.1. The third-order valence-electron chi connectivity index (χ3n) is 4.62. The lowest BCUT2D eigenvalue weighted by molar-refractivity contribution is 0.1000. The molecule has 0 atom stereocenters. The summed E-state index contributed by atoms with van der Waals surface area (Å²) in [7, 11) is 0. The van der Waals surface area contributed by atoms with Crippen molar-refractivity contribution in [1.82, 2.24) is 4.57 Å². The van der Waals surface area contributed by atoms with E-state index in [-0.39, 0.29) is 0 Å². The van der Waals surface area contributed by atoms with Gasteiger partial charge < -0.3 is 10.3 Å². The quantitative estimate of drug-likeness (QED) is 0.676. The van der Waals surface area contributed by atoms with E-state index in [1.54, 1.807) is 0 Å². The van der Waals surface area contributed by atoms with Crippen LogP contribution < -0.4 is 5.73 Å². The lowest BCUT2D eigenvalue weighted by Crippen LogP contribution is -2.13. The van der Waals surface area contributed by atoms with Gasteiger partial charge >= 0.3 is 0 Å². The van der Waals surface area contributed by atoms with Crippen molar-refractivity contribution in [1.29, 1.82) is 0 Å². The number of amides is 1. The Morgan fingerprint density at radius 3 is 2.08 bits per heavy atom. The molecule has 3 rings (SSSR count). The van der Waals surface area contributed by atoms with Crippen LogP contribution >= 0.6 is 0 Å². The van der Waals surface area contributed by atoms with Crippen LogP contribution in [0.15, 0.2) is 67.3 Å². The molecule has 0 aliphatic carbocycles. The summed E-state index contributed by atoms with van der Waals surface area (Å²) in [6, 6.07) is 18.5. The van der Waals surface area contributed by atoms with Crippen LogP contribution in [-0.2, 0) is 6.54 Å². The average Bonchev–Trinajstić information content (AvgIpc) is 2.88. The number of benzene rings is 2. The molecule has 0 fully saturated rings. The van der Waals surface area contributed by atoms with Gasteiger partial charge in [0.2, 0.25) is 0 Å². The van der Waals surface area contributed by atoms with E-state index in [1.165, 1.54) is 5.56 Å². The van der Waals surface area contributed by atoms with Crippen molar-refractivity contribution in [3.05, 3.63) is 84.2 Å². The number of carbonyl (C=O) groups excluding carboxylic acids is 1. The number of hydrogen-bond acceptors (Lipinski definition) is 1. The Labute approximate surface area is 148 Å². The summed E-state index contributed by atoms with van der Waals surface area (Å²) in [5.41, 5.74) is 12.4. The molecule has 0 aliphatic rings. The fourth-order valence-corrected chi connectivity index (χ4v) is 3.40. The zero-order valence-electron chi connectivity index (χ0n) is 14.6. The monoisotopic (exact) mass is 330 g/mol. The highest BCUT2D eigenvalue weighted by atomic mass is 16.1. The summed E-state index contributed by atoms with van der Waals surface area (Å²) in [6.07, 6.45) is 1.83. The van der Waals surface area contributed by atoms with Gasteiger partial charge in [0.25, 0.3) is 5.91 Å². The Morgan fingerprint density at radius 2 is 1.52 bits per heavy atom. The van der Waals surface area contributed by atoms with E-state index in [0.29, 0.717) is 12.1 Å². The van der Waals surface area contributed by atoms with Crippen molar-refractivity contribution >= 4 is 5.91 Å². The van der Waals surface area contributed by atoms with E-state index in [4.69, 9.17) is 5.73 Å². The molecule has 0 saturated heterocycles. The van der Waals surface area contributed by atoms with E-state index in [0.717, 1.165) is 28.1 Å². The second kappa shape index (κ2) is 6.81. The lowest BCUT2D eigenvalue weighted by Gasteiger charge is -2.08. The number of aromatic nitrogens is 1. The number of primary amides is 1. The summed E-state index contributed by atoms with van der Waals surface area (Å²) < 4.78 is 2.08. The fourth-order valence-electron chi connectivity index (χ4n) is 3.40. The molecule has 1 amide bonds. The molecule has 2 N–H and O–H groups in total. The van der Waals surface area contributed by atoms with Gasteiger partial charge in [0, 0.05) is 23.5 Å². The number of carbonyl (C=O) groups is 1. The fraction of sp³-hybridized carbons (Fsp3) is 0.136. The molecule has 2 aromatic carbocycles. The van der Waals surface area contributed by atoms with Gasteiger partial charge in [-0.15, -0.1) is 6.58 Å². The molecule has 3 heteroatoms. The molecule has 126 valence electrons. The highest BCUT2D eigenvalue weighted by molar-refractivity contribution is 6.02. The third kappa shape index (κ3) is 3.01. The van der Waals surface area contributed by atoms with Gasteiger partial charge in [0.1, 0.15) is 0 Å². The zero-order chi connectivity index (χ0) is 18.0. The minimum absolute atomic E-state index is 0.398. The Bertz CT molecular complexity index is 919. The van der Waals surface area contributed by atoms with Crippen molar-refractivity contribution in [2.45, 2.75) is 20.4 Å². The maximum absolute atomic E-state index is 12.1. The van der Waals surface area contributed by atoms with Crippen molar-refractivity contribution < 1.29 is 4.79 Å². The summed E-state index contributed by atoms with van der Waals surface area (Å²) in [5.74, 6) is -0.398. The Kier molecular flexibility index (Phi) is 4.57. The molecule has 0 radical (unpaired) electrons. The van der Waals surface area contributed by atoms with E-state index < -0.39 is 5.91 Å². The lowest BCUT2D eigenvalue weighted by atomic mass is 9.97. The van der Waals surface area contributed by atoms with E-state index in [9.17, 15) is 4.79 Å². The SMILES string of the molecule is C=CCn1c(C)c(C(N)=O)c(-c2ccc(-c3ccccc3)cc2)c1C. The molecule has 0 aliphatic heterocycles. The first-order valence-corrected chi connectivity index (χ1v) is 8.30. The standard InChI is InChI=1S/C22H22N2O/c1-4-14-24-15(2)20(21(16(24)3)22(23)25)19-12-10-18(11-13-19)17-8-6-5-7-9-17/h4-13H,1,14H2,2-3H3,(H2,23,25). The molecule has 3 aromatic rings. The van der Waals surface area contributed by atoms with Crippen molar-refractivity contribution in [2.24, 2.45) is 5.73 Å². The van der Waals surface area contributed by atoms with Crippen LogP contribution in [0.5, 0.6) is 0 Å². The highest BCUT2D eigenvalue weighted by Gasteiger charge is 2.22. The minimum atomic E-state index is -0.398. The first kappa shape index (κ1) is 16.8. The van der Waals surface area contributed by atoms with Crippen LogP contribution in [-0.4, -0.2) is 10.5 Å². The van der Waals surface area contributed by atoms with E-state index in [2.05, 4.69) is 47.5 Å². The van der Waals surface area contributed by atoms with Crippen LogP contribution in [0.25, 0.3) is 22.3 Å². The van der Waals surface area contributed by atoms with Gasteiger partial charge in [-0.2, -0.15) is 0 Å². The van der Waals surface area contributed by atoms with Crippen LogP contribution in [0.4, 0.5) is 0 Å². The molecule has 0 unspecified atom stereocenters. The molecule has 0 spiro atoms. The Morgan fingerprint density at radius 1 is 0.960 bits per heavy atom. The molecule has 0 saturated carbocycles. The first-order valence-electron chi connectivity index (χ1n) is 8.30. The average molecular weight is 330 g/mol. The molecule has 3 nitrogen and oxygen atoms in total. The molecule has 0 bridgehead atoms. The number of hydrogen-bond donors (Lipinski definition) is 1. The number of rotatable bonds is 5. The third-order valence-corrected chi connectivity index (χ3v) is 4.62. The normalized spacial score (nSPS) is 10.6. The molecular formula is C22H22N2O. The summed E-state index contributed by atoms with van der Waals surface area (Å²) in [5, 5.41) is 0. The molecule has 1 heterocycles. The number of allylic oxidation sites excluding steroid dienone is 1. The van der Waals surface area contributed by atoms with Crippen molar-refractivity contribution in [3.8, 4) is 22.3 Å². The minimum Gasteiger partial charge on any atom is -0.366 e. The molecule has 25 heavy (non-hydrogen) atoms. The van der Waals surface area contributed by atoms with Crippen LogP contribution in [0.2, 0.25) is 0 Å². The maximum Gasteiger partial charge on any atom is 0.251 e. The summed E-state index contributed by atoms with van der Waals surface area (Å²) >= 11 is 0. The van der Waals surface area contributed by atoms with Gasteiger partial charge in [-0.1, -0.05) is 60.7 Å². The Balaban J connectivity index is 2.12. The second-order valence-electron chi connectivity index (χ2n) is 6.13. The summed E-state index contributed by atoms with van der Waals surface area (Å²) in [6.45, 7) is 8.40. The molecular weight excluding hydrogens is 308 g/mol. The van der Waals surface area contributed by atoms with Gasteiger partial charge in [-0.3, -0.25) is 4.79 Å². The predicted molar refractivity (Wildman–Crippen MR) is 103 cm³/mol. The topological polar surface area (TPSA) is 48.0 Å². The van der Waals surface area contributed by atoms with Crippen LogP contribution in [0.3, 0.4) is 0 Å². The smallest absolute Gasteiger partial charge is 0.251 e. The Hall–Kier alpha value is -3.07. The number of nitrogens with two attached hydrogens (primary N) is 1. The van der Waals surface area contributed by atoms with Crippen LogP contribution in [0, 0.1) is 13.8 Å². The zero-order valence-corrected chi connectivity index (χ0v) is 14.6. The van der Waals surface area contributed by atoms with Crippen molar-refractivity contribution in [2.75, 3.05) is 0 Å². The van der Waals surface area contributed by atoms with Gasteiger partial charge in [-0.05, 0) is 30.5 Å². The van der Waals surface area contributed by atoms with Gasteiger partial charge in [-0.25, -0.2) is 0 Å². The van der Waals surface area contributed by atoms with Crippen molar-refractivity contribution in [3.63, 3.8) is 0 Å². The predicted octanol–water partition coefficient (Wildman–Crippen LogP) is 4.72. The molecule has 1 aromatic heterocycles.